The van der Waals surface area contributed by atoms with E-state index >= 15 is 0 Å². The molecule has 3 saturated carbocycles. The van der Waals surface area contributed by atoms with Crippen LogP contribution in [-0.4, -0.2) is 0 Å². The van der Waals surface area contributed by atoms with E-state index in [4.69, 9.17) is 0 Å². The molecule has 0 heterocycles. The quantitative estimate of drug-likeness (QED) is 0.483. The summed E-state index contributed by atoms with van der Waals surface area (Å²) in [6.45, 7) is 4.81. The van der Waals surface area contributed by atoms with Gasteiger partial charge in [-0.25, -0.2) is 0 Å². The Labute approximate surface area is 50.3 Å². The monoisotopic (exact) mass is 108 g/mol. The smallest absolute Gasteiger partial charge is 0.0164 e. The van der Waals surface area contributed by atoms with E-state index in [2.05, 4.69) is 13.8 Å². The van der Waals surface area contributed by atoms with Crippen molar-refractivity contribution >= 4 is 0 Å². The summed E-state index contributed by atoms with van der Waals surface area (Å²) in [7, 11) is 0. The van der Waals surface area contributed by atoms with Crippen LogP contribution in [0.2, 0.25) is 0 Å². The Morgan fingerprint density at radius 3 is 1.75 bits per heavy atom. The van der Waals surface area contributed by atoms with Gasteiger partial charge in [0.2, 0.25) is 0 Å². The molecule has 0 spiro atoms. The standard InChI is InChI=1S/C8H12/c1-3-6(2)7-4-8(6,7)5-7/h3-5H2,1-2H3. The van der Waals surface area contributed by atoms with E-state index in [9.17, 15) is 0 Å². The molecule has 0 N–H and O–H groups in total. The van der Waals surface area contributed by atoms with Crippen molar-refractivity contribution in [3.05, 3.63) is 0 Å². The van der Waals surface area contributed by atoms with Crippen LogP contribution in [-0.2, 0) is 0 Å². The summed E-state index contributed by atoms with van der Waals surface area (Å²) < 4.78 is 0. The first-order valence-corrected chi connectivity index (χ1v) is 3.72. The molecule has 3 aliphatic rings. The summed E-state index contributed by atoms with van der Waals surface area (Å²) in [6.07, 6.45) is 4.64. The van der Waals surface area contributed by atoms with Gasteiger partial charge in [-0.05, 0) is 35.5 Å². The van der Waals surface area contributed by atoms with Crippen LogP contribution in [0.15, 0.2) is 0 Å². The molecule has 0 heteroatoms. The van der Waals surface area contributed by atoms with Crippen LogP contribution in [0, 0.1) is 16.2 Å². The van der Waals surface area contributed by atoms with Gasteiger partial charge in [-0.2, -0.15) is 0 Å². The minimum absolute atomic E-state index is 0.861. The van der Waals surface area contributed by atoms with Crippen molar-refractivity contribution in [3.63, 3.8) is 0 Å². The Hall–Kier alpha value is 0. The lowest BCUT2D eigenvalue weighted by Crippen LogP contribution is -2.23. The first-order chi connectivity index (χ1) is 3.72. The van der Waals surface area contributed by atoms with Gasteiger partial charge in [-0.3, -0.25) is 0 Å². The highest BCUT2D eigenvalue weighted by Gasteiger charge is 3.09. The van der Waals surface area contributed by atoms with Gasteiger partial charge < -0.3 is 0 Å². The van der Waals surface area contributed by atoms with Gasteiger partial charge in [0.1, 0.15) is 0 Å². The van der Waals surface area contributed by atoms with Crippen molar-refractivity contribution in [2.75, 3.05) is 0 Å². The largest absolute Gasteiger partial charge is 0.0648 e. The van der Waals surface area contributed by atoms with Crippen LogP contribution in [0.3, 0.4) is 0 Å². The van der Waals surface area contributed by atoms with Crippen molar-refractivity contribution in [2.45, 2.75) is 33.1 Å². The summed E-state index contributed by atoms with van der Waals surface area (Å²) in [5.74, 6) is 0. The second kappa shape index (κ2) is 0.571. The lowest BCUT2D eigenvalue weighted by molar-refractivity contribution is 0.177. The highest BCUT2D eigenvalue weighted by Crippen LogP contribution is 3.15. The van der Waals surface area contributed by atoms with Gasteiger partial charge in [0.05, 0.1) is 0 Å². The SMILES string of the molecule is CCC1(C)C23CC12C3. The summed E-state index contributed by atoms with van der Waals surface area (Å²) in [5, 5.41) is 0. The zero-order chi connectivity index (χ0) is 5.62. The predicted octanol–water partition coefficient (Wildman–Crippen LogP) is 2.20. The fourth-order valence-electron chi connectivity index (χ4n) is 3.27. The molecule has 0 bridgehead atoms. The molecule has 0 amide bonds. The van der Waals surface area contributed by atoms with Gasteiger partial charge in [-0.15, -0.1) is 0 Å². The molecule has 0 unspecified atom stereocenters. The Morgan fingerprint density at radius 2 is 1.75 bits per heavy atom. The second-order valence-corrected chi connectivity index (χ2v) is 4.20. The van der Waals surface area contributed by atoms with Gasteiger partial charge in [-0.1, -0.05) is 13.8 Å². The van der Waals surface area contributed by atoms with Crippen LogP contribution in [0.25, 0.3) is 0 Å². The molecule has 0 atom stereocenters. The molecule has 0 nitrogen and oxygen atoms in total. The van der Waals surface area contributed by atoms with E-state index in [1.54, 1.807) is 12.8 Å². The van der Waals surface area contributed by atoms with Crippen molar-refractivity contribution in [1.29, 1.82) is 0 Å². The molecule has 0 radical (unpaired) electrons. The van der Waals surface area contributed by atoms with Gasteiger partial charge in [0.25, 0.3) is 0 Å². The van der Waals surface area contributed by atoms with Crippen LogP contribution in [0.4, 0.5) is 0 Å². The molecule has 3 fully saturated rings. The number of rotatable bonds is 1. The number of hydrogen-bond acceptors (Lipinski definition) is 0. The third-order valence-corrected chi connectivity index (χ3v) is 4.63. The summed E-state index contributed by atoms with van der Waals surface area (Å²) in [4.78, 5) is 0. The van der Waals surface area contributed by atoms with E-state index in [-0.39, 0.29) is 0 Å². The maximum Gasteiger partial charge on any atom is -0.0164 e. The molecule has 0 aromatic heterocycles. The van der Waals surface area contributed by atoms with Crippen LogP contribution in [0.1, 0.15) is 33.1 Å². The Morgan fingerprint density at radius 1 is 1.25 bits per heavy atom. The molecule has 3 aliphatic carbocycles. The van der Waals surface area contributed by atoms with Gasteiger partial charge >= 0.3 is 0 Å². The third kappa shape index (κ3) is 0.116. The zero-order valence-electron chi connectivity index (χ0n) is 5.62. The Balaban J connectivity index is 2.02. The van der Waals surface area contributed by atoms with Crippen LogP contribution < -0.4 is 0 Å². The van der Waals surface area contributed by atoms with Gasteiger partial charge in [0, 0.05) is 0 Å². The third-order valence-electron chi connectivity index (χ3n) is 4.63. The topological polar surface area (TPSA) is 0 Å². The van der Waals surface area contributed by atoms with Crippen molar-refractivity contribution in [1.82, 2.24) is 0 Å². The molecule has 0 aliphatic heterocycles. The maximum absolute atomic E-state index is 2.47. The highest BCUT2D eigenvalue weighted by molar-refractivity contribution is 5.56. The lowest BCUT2D eigenvalue weighted by atomic mass is 9.73. The molecule has 8 heavy (non-hydrogen) atoms. The molecular formula is C8H12. The van der Waals surface area contributed by atoms with Crippen molar-refractivity contribution in [3.8, 4) is 0 Å². The fourth-order valence-corrected chi connectivity index (χ4v) is 3.27. The molecule has 44 valence electrons. The van der Waals surface area contributed by atoms with Gasteiger partial charge in [0.15, 0.2) is 0 Å². The number of hydrogen-bond donors (Lipinski definition) is 0. The first-order valence-electron chi connectivity index (χ1n) is 3.72. The van der Waals surface area contributed by atoms with E-state index < -0.39 is 0 Å². The molecule has 3 rings (SSSR count). The molecular weight excluding hydrogens is 96.1 g/mol. The van der Waals surface area contributed by atoms with Crippen molar-refractivity contribution < 1.29 is 0 Å². The maximum atomic E-state index is 2.47. The molecule has 0 aromatic rings. The Bertz CT molecular complexity index is 158. The van der Waals surface area contributed by atoms with E-state index in [0.717, 1.165) is 16.2 Å². The van der Waals surface area contributed by atoms with E-state index in [1.165, 1.54) is 6.42 Å². The predicted molar refractivity (Wildman–Crippen MR) is 32.5 cm³/mol. The van der Waals surface area contributed by atoms with E-state index in [1.807, 2.05) is 0 Å². The van der Waals surface area contributed by atoms with E-state index in [0.29, 0.717) is 0 Å². The lowest BCUT2D eigenvalue weighted by Gasteiger charge is -2.31. The minimum Gasteiger partial charge on any atom is -0.0648 e. The van der Waals surface area contributed by atoms with Crippen LogP contribution >= 0.6 is 0 Å². The summed E-state index contributed by atoms with van der Waals surface area (Å²) in [5.41, 5.74) is 2.80. The highest BCUT2D eigenvalue weighted by atomic mass is 15.1. The normalized spacial score (nSPS) is 80.2. The van der Waals surface area contributed by atoms with Crippen LogP contribution in [0.5, 0.6) is 0 Å². The average molecular weight is 108 g/mol. The van der Waals surface area contributed by atoms with Crippen molar-refractivity contribution in [2.24, 2.45) is 16.2 Å². The zero-order valence-corrected chi connectivity index (χ0v) is 5.62. The molecule has 0 saturated heterocycles. The Kier molecular flexibility index (Phi) is 0.280. The molecule has 0 aromatic carbocycles. The second-order valence-electron chi connectivity index (χ2n) is 4.20. The minimum atomic E-state index is 0.861. The summed E-state index contributed by atoms with van der Waals surface area (Å²) >= 11 is 0. The summed E-state index contributed by atoms with van der Waals surface area (Å²) in [6, 6.07) is 0. The first kappa shape index (κ1) is 3.92. The average Bonchev–Trinajstić information content (AvgIpc) is 2.47. The fraction of sp³-hybridized carbons (Fsp3) is 1.00.